The molecule has 0 saturated heterocycles. The molecular formula is C10H7Br3N2O3S2. The number of halogens is 3. The van der Waals surface area contributed by atoms with E-state index in [9.17, 15) is 13.2 Å². The maximum Gasteiger partial charge on any atom is 0.306 e. The smallest absolute Gasteiger partial charge is 0.306 e. The van der Waals surface area contributed by atoms with Crippen LogP contribution in [0.4, 0.5) is 5.69 Å². The average Bonchev–Trinajstić information content (AvgIpc) is 2.64. The van der Waals surface area contributed by atoms with Gasteiger partial charge in [-0.2, -0.15) is 0 Å². The molecular weight excluding hydrogens is 500 g/mol. The molecule has 108 valence electrons. The predicted molar refractivity (Wildman–Crippen MR) is 90.0 cm³/mol. The van der Waals surface area contributed by atoms with Crippen LogP contribution in [0.5, 0.6) is 0 Å². The second kappa shape index (κ2) is 5.91. The lowest BCUT2D eigenvalue weighted by molar-refractivity contribution is 0.602. The predicted octanol–water partition coefficient (Wildman–Crippen LogP) is 3.83. The van der Waals surface area contributed by atoms with Gasteiger partial charge in [0, 0.05) is 19.1 Å². The molecule has 0 aliphatic rings. The molecule has 5 nitrogen and oxygen atoms in total. The van der Waals surface area contributed by atoms with Crippen molar-refractivity contribution in [3.8, 4) is 0 Å². The number of sulfonamides is 1. The molecule has 0 saturated carbocycles. The van der Waals surface area contributed by atoms with E-state index in [2.05, 4.69) is 57.5 Å². The van der Waals surface area contributed by atoms with Crippen LogP contribution < -0.4 is 9.60 Å². The molecule has 1 aromatic carbocycles. The van der Waals surface area contributed by atoms with Crippen molar-refractivity contribution < 1.29 is 8.42 Å². The Morgan fingerprint density at radius 3 is 2.20 bits per heavy atom. The van der Waals surface area contributed by atoms with Crippen molar-refractivity contribution in [2.45, 2.75) is 11.1 Å². The molecule has 2 N–H and O–H groups in total. The standard InChI is InChI=1S/C10H7Br3N2O3S2/c1-4-9(19-10(16)14-4)20(17,18)15-8-6(12)2-5(11)3-7(8)13/h2-3,15H,1H3,(H,14,16). The first-order valence-electron chi connectivity index (χ1n) is 5.08. The summed E-state index contributed by atoms with van der Waals surface area (Å²) < 4.78 is 29.0. The fourth-order valence-electron chi connectivity index (χ4n) is 1.47. The normalized spacial score (nSPS) is 11.6. The highest BCUT2D eigenvalue weighted by Gasteiger charge is 2.22. The van der Waals surface area contributed by atoms with Gasteiger partial charge in [0.1, 0.15) is 0 Å². The number of nitrogens with one attached hydrogen (secondary N) is 2. The molecule has 1 aromatic heterocycles. The summed E-state index contributed by atoms with van der Waals surface area (Å²) in [4.78, 5) is 13.3. The molecule has 2 aromatic rings. The Morgan fingerprint density at radius 2 is 1.75 bits per heavy atom. The van der Waals surface area contributed by atoms with E-state index in [0.29, 0.717) is 31.7 Å². The van der Waals surface area contributed by atoms with Crippen molar-refractivity contribution in [3.63, 3.8) is 0 Å². The van der Waals surface area contributed by atoms with Crippen molar-refractivity contribution in [2.75, 3.05) is 4.72 Å². The number of hydrogen-bond donors (Lipinski definition) is 2. The van der Waals surface area contributed by atoms with Crippen LogP contribution in [-0.2, 0) is 10.0 Å². The average molecular weight is 507 g/mol. The zero-order valence-electron chi connectivity index (χ0n) is 9.83. The third-order valence-electron chi connectivity index (χ3n) is 2.27. The molecule has 2 rings (SSSR count). The van der Waals surface area contributed by atoms with Gasteiger partial charge < -0.3 is 4.98 Å². The minimum Gasteiger partial charge on any atom is -0.315 e. The fourth-order valence-corrected chi connectivity index (χ4v) is 6.59. The highest BCUT2D eigenvalue weighted by molar-refractivity contribution is 9.11. The summed E-state index contributed by atoms with van der Waals surface area (Å²) in [7, 11) is -3.82. The second-order valence-electron chi connectivity index (χ2n) is 3.78. The largest absolute Gasteiger partial charge is 0.315 e. The SMILES string of the molecule is Cc1[nH]c(=O)sc1S(=O)(=O)Nc1c(Br)cc(Br)cc1Br. The molecule has 10 heteroatoms. The first kappa shape index (κ1) is 16.2. The van der Waals surface area contributed by atoms with E-state index >= 15 is 0 Å². The van der Waals surface area contributed by atoms with Gasteiger partial charge in [-0.05, 0) is 50.9 Å². The quantitative estimate of drug-likeness (QED) is 0.664. The van der Waals surface area contributed by atoms with Gasteiger partial charge in [0.05, 0.1) is 5.69 Å². The molecule has 0 bridgehead atoms. The molecule has 0 atom stereocenters. The number of aryl methyl sites for hydroxylation is 1. The van der Waals surface area contributed by atoms with Gasteiger partial charge in [-0.15, -0.1) is 0 Å². The van der Waals surface area contributed by atoms with Gasteiger partial charge in [0.15, 0.2) is 4.21 Å². The summed E-state index contributed by atoms with van der Waals surface area (Å²) in [5.74, 6) is 0. The molecule has 0 aliphatic carbocycles. The summed E-state index contributed by atoms with van der Waals surface area (Å²) >= 11 is 10.5. The lowest BCUT2D eigenvalue weighted by Gasteiger charge is -2.11. The Hall–Kier alpha value is -0.160. The molecule has 0 radical (unpaired) electrons. The van der Waals surface area contributed by atoms with Crippen LogP contribution >= 0.6 is 59.1 Å². The number of aromatic nitrogens is 1. The second-order valence-corrected chi connectivity index (χ2v) is 9.26. The number of hydrogen-bond acceptors (Lipinski definition) is 4. The summed E-state index contributed by atoms with van der Waals surface area (Å²) in [6.45, 7) is 1.54. The third-order valence-corrected chi connectivity index (χ3v) is 6.93. The van der Waals surface area contributed by atoms with Gasteiger partial charge in [-0.1, -0.05) is 27.3 Å². The van der Waals surface area contributed by atoms with Crippen LogP contribution in [0.1, 0.15) is 5.69 Å². The Bertz CT molecular complexity index is 804. The third kappa shape index (κ3) is 3.35. The molecule has 0 fully saturated rings. The summed E-state index contributed by atoms with van der Waals surface area (Å²) in [5.41, 5.74) is 0.685. The van der Waals surface area contributed by atoms with Crippen molar-refractivity contribution in [1.29, 1.82) is 0 Å². The van der Waals surface area contributed by atoms with Gasteiger partial charge in [0.2, 0.25) is 0 Å². The Labute approximate surface area is 144 Å². The van der Waals surface area contributed by atoms with E-state index < -0.39 is 14.9 Å². The number of aromatic amines is 1. The summed E-state index contributed by atoms with van der Waals surface area (Å²) in [6, 6.07) is 3.43. The van der Waals surface area contributed by atoms with E-state index in [1.165, 1.54) is 6.92 Å². The van der Waals surface area contributed by atoms with Crippen LogP contribution in [0, 0.1) is 6.92 Å². The van der Waals surface area contributed by atoms with Crippen molar-refractivity contribution in [2.24, 2.45) is 0 Å². The van der Waals surface area contributed by atoms with Gasteiger partial charge in [-0.25, -0.2) is 8.42 Å². The zero-order valence-corrected chi connectivity index (χ0v) is 16.2. The number of rotatable bonds is 3. The highest BCUT2D eigenvalue weighted by Crippen LogP contribution is 2.36. The lowest BCUT2D eigenvalue weighted by atomic mass is 10.3. The number of H-pyrrole nitrogens is 1. The molecule has 0 amide bonds. The van der Waals surface area contributed by atoms with Gasteiger partial charge in [0.25, 0.3) is 10.0 Å². The number of thiazole rings is 1. The Morgan fingerprint density at radius 1 is 1.20 bits per heavy atom. The van der Waals surface area contributed by atoms with E-state index in [-0.39, 0.29) is 4.21 Å². The molecule has 0 spiro atoms. The van der Waals surface area contributed by atoms with Gasteiger partial charge in [-0.3, -0.25) is 9.52 Å². The minimum absolute atomic E-state index is 0.0239. The zero-order chi connectivity index (χ0) is 15.1. The fraction of sp³-hybridized carbons (Fsp3) is 0.100. The van der Waals surface area contributed by atoms with E-state index in [1.54, 1.807) is 12.1 Å². The van der Waals surface area contributed by atoms with E-state index in [1.807, 2.05) is 0 Å². The molecule has 1 heterocycles. The van der Waals surface area contributed by atoms with Crippen molar-refractivity contribution in [1.82, 2.24) is 4.98 Å². The maximum absolute atomic E-state index is 12.3. The monoisotopic (exact) mass is 504 g/mol. The van der Waals surface area contributed by atoms with Crippen LogP contribution in [0.25, 0.3) is 0 Å². The minimum atomic E-state index is -3.82. The van der Waals surface area contributed by atoms with Crippen LogP contribution in [-0.4, -0.2) is 13.4 Å². The first-order chi connectivity index (χ1) is 9.20. The van der Waals surface area contributed by atoms with Crippen LogP contribution in [0.15, 0.2) is 34.6 Å². The topological polar surface area (TPSA) is 79.0 Å². The summed E-state index contributed by atoms with van der Waals surface area (Å²) in [5, 5.41) is 0. The number of anilines is 1. The molecule has 0 unspecified atom stereocenters. The molecule has 20 heavy (non-hydrogen) atoms. The van der Waals surface area contributed by atoms with Gasteiger partial charge >= 0.3 is 4.87 Å². The maximum atomic E-state index is 12.3. The van der Waals surface area contributed by atoms with Crippen LogP contribution in [0.2, 0.25) is 0 Å². The first-order valence-corrected chi connectivity index (χ1v) is 9.75. The molecule has 0 aliphatic heterocycles. The Balaban J connectivity index is 2.49. The number of benzene rings is 1. The summed E-state index contributed by atoms with van der Waals surface area (Å²) in [6.07, 6.45) is 0. The van der Waals surface area contributed by atoms with Crippen LogP contribution in [0.3, 0.4) is 0 Å². The highest BCUT2D eigenvalue weighted by atomic mass is 79.9. The van der Waals surface area contributed by atoms with E-state index in [0.717, 1.165) is 4.47 Å². The van der Waals surface area contributed by atoms with Crippen molar-refractivity contribution in [3.05, 3.63) is 40.9 Å². The lowest BCUT2D eigenvalue weighted by Crippen LogP contribution is -2.13. The Kier molecular flexibility index (Phi) is 4.80. The van der Waals surface area contributed by atoms with E-state index in [4.69, 9.17) is 0 Å². The van der Waals surface area contributed by atoms with Crippen molar-refractivity contribution >= 4 is 74.8 Å².